The van der Waals surface area contributed by atoms with Gasteiger partial charge < -0.3 is 10.5 Å². The minimum atomic E-state index is -0.866. The number of hydrogen-bond donors (Lipinski definition) is 2. The van der Waals surface area contributed by atoms with Crippen LogP contribution in [0.5, 0.6) is 0 Å². The van der Waals surface area contributed by atoms with Crippen molar-refractivity contribution in [2.75, 3.05) is 6.61 Å². The Morgan fingerprint density at radius 3 is 2.87 bits per heavy atom. The highest BCUT2D eigenvalue weighted by Crippen LogP contribution is 2.30. The van der Waals surface area contributed by atoms with E-state index >= 15 is 0 Å². The zero-order chi connectivity index (χ0) is 11.5. The lowest BCUT2D eigenvalue weighted by Gasteiger charge is -2.25. The molecule has 4 heteroatoms. The lowest BCUT2D eigenvalue weighted by molar-refractivity contribution is -0.150. The van der Waals surface area contributed by atoms with Crippen LogP contribution in [0, 0.1) is 17.7 Å². The van der Waals surface area contributed by atoms with Crippen molar-refractivity contribution < 1.29 is 9.53 Å². The zero-order valence-corrected chi connectivity index (χ0v) is 8.75. The van der Waals surface area contributed by atoms with Crippen LogP contribution in [-0.4, -0.2) is 18.4 Å². The van der Waals surface area contributed by atoms with E-state index in [1.807, 2.05) is 0 Å². The number of carbonyl (C=O) groups excluding carboxylic acids is 1. The quantitative estimate of drug-likeness (QED) is 0.414. The van der Waals surface area contributed by atoms with Crippen molar-refractivity contribution in [3.05, 3.63) is 30.7 Å². The molecule has 0 aromatic heterocycles. The highest BCUT2D eigenvalue weighted by atomic mass is 16.5. The molecular formula is C11H15N2O2. The van der Waals surface area contributed by atoms with Gasteiger partial charge in [-0.25, -0.2) is 0 Å². The molecule has 0 amide bonds. The third-order valence-electron chi connectivity index (χ3n) is 2.26. The van der Waals surface area contributed by atoms with Crippen LogP contribution in [0.4, 0.5) is 0 Å². The van der Waals surface area contributed by atoms with Crippen LogP contribution in [0.15, 0.2) is 23.8 Å². The first-order valence-corrected chi connectivity index (χ1v) is 4.76. The summed E-state index contributed by atoms with van der Waals surface area (Å²) in [5.41, 5.74) is 5.08. The number of ether oxygens (including phenoxy) is 1. The number of esters is 1. The molecule has 1 radical (unpaired) electrons. The average Bonchev–Trinajstić information content (AvgIpc) is 2.18. The Balaban J connectivity index is 2.75. The van der Waals surface area contributed by atoms with E-state index in [0.717, 1.165) is 0 Å². The van der Waals surface area contributed by atoms with E-state index in [0.29, 0.717) is 18.6 Å². The number of hydrogen-bond acceptors (Lipinski definition) is 3. The normalized spacial score (nSPS) is 24.5. The molecule has 0 aromatic carbocycles. The molecule has 0 aliphatic heterocycles. The predicted molar refractivity (Wildman–Crippen MR) is 58.2 cm³/mol. The van der Waals surface area contributed by atoms with Gasteiger partial charge in [0.25, 0.3) is 0 Å². The summed E-state index contributed by atoms with van der Waals surface area (Å²) in [5.74, 6) is -0.350. The van der Waals surface area contributed by atoms with Gasteiger partial charge in [-0.15, -0.1) is 0 Å². The summed E-state index contributed by atoms with van der Waals surface area (Å²) in [6, 6.07) is 0. The van der Waals surface area contributed by atoms with Gasteiger partial charge in [-0.3, -0.25) is 10.2 Å². The SMILES string of the molecule is [CH2]C1(C(=O)OCC)C=CC(C(=N)N)=CC1. The standard InChI is InChI=1S/C11H15N2O2/c1-3-15-10(14)11(2)6-4-8(5-7-11)9(12)13/h4-6H,2-3,7H2,1H3,(H3,12,13). The van der Waals surface area contributed by atoms with E-state index < -0.39 is 5.41 Å². The lowest BCUT2D eigenvalue weighted by Crippen LogP contribution is -2.30. The summed E-state index contributed by atoms with van der Waals surface area (Å²) in [7, 11) is 0. The molecule has 1 aliphatic carbocycles. The third-order valence-corrected chi connectivity index (χ3v) is 2.26. The van der Waals surface area contributed by atoms with Gasteiger partial charge in [0.2, 0.25) is 0 Å². The Kier molecular flexibility index (Phi) is 3.29. The second-order valence-electron chi connectivity index (χ2n) is 3.49. The Morgan fingerprint density at radius 2 is 2.47 bits per heavy atom. The molecule has 0 saturated heterocycles. The van der Waals surface area contributed by atoms with Gasteiger partial charge in [0.1, 0.15) is 5.84 Å². The molecule has 0 spiro atoms. The summed E-state index contributed by atoms with van der Waals surface area (Å²) in [6.45, 7) is 5.92. The molecule has 0 aromatic rings. The smallest absolute Gasteiger partial charge is 0.316 e. The lowest BCUT2D eigenvalue weighted by atomic mass is 9.82. The molecule has 0 heterocycles. The summed E-state index contributed by atoms with van der Waals surface area (Å²) < 4.78 is 4.91. The zero-order valence-electron chi connectivity index (χ0n) is 8.75. The van der Waals surface area contributed by atoms with E-state index in [4.69, 9.17) is 15.9 Å². The fourth-order valence-electron chi connectivity index (χ4n) is 1.30. The number of allylic oxidation sites excluding steroid dienone is 1. The largest absolute Gasteiger partial charge is 0.465 e. The van der Waals surface area contributed by atoms with Crippen LogP contribution in [0.25, 0.3) is 0 Å². The first-order valence-electron chi connectivity index (χ1n) is 4.76. The molecule has 1 atom stereocenters. The second kappa shape index (κ2) is 4.29. The fourth-order valence-corrected chi connectivity index (χ4v) is 1.30. The summed E-state index contributed by atoms with van der Waals surface area (Å²) in [4.78, 5) is 11.5. The minimum Gasteiger partial charge on any atom is -0.465 e. The van der Waals surface area contributed by atoms with Crippen LogP contribution in [-0.2, 0) is 9.53 Å². The van der Waals surface area contributed by atoms with E-state index in [1.54, 1.807) is 25.2 Å². The number of nitrogens with one attached hydrogen (secondary N) is 1. The molecule has 0 saturated carbocycles. The van der Waals surface area contributed by atoms with Gasteiger partial charge in [0.05, 0.1) is 12.0 Å². The van der Waals surface area contributed by atoms with Gasteiger partial charge in [-0.2, -0.15) is 0 Å². The van der Waals surface area contributed by atoms with Crippen LogP contribution in [0.1, 0.15) is 13.3 Å². The predicted octanol–water partition coefficient (Wildman–Crippen LogP) is 1.19. The molecule has 0 bridgehead atoms. The summed E-state index contributed by atoms with van der Waals surface area (Å²) >= 11 is 0. The first-order chi connectivity index (χ1) is 6.99. The molecule has 1 rings (SSSR count). The molecule has 1 aliphatic rings. The molecular weight excluding hydrogens is 192 g/mol. The van der Waals surface area contributed by atoms with Crippen molar-refractivity contribution in [2.24, 2.45) is 11.1 Å². The maximum atomic E-state index is 11.5. The highest BCUT2D eigenvalue weighted by molar-refractivity contribution is 5.98. The van der Waals surface area contributed by atoms with Crippen molar-refractivity contribution in [2.45, 2.75) is 13.3 Å². The van der Waals surface area contributed by atoms with E-state index in [2.05, 4.69) is 6.92 Å². The van der Waals surface area contributed by atoms with Crippen LogP contribution >= 0.6 is 0 Å². The van der Waals surface area contributed by atoms with Crippen LogP contribution in [0.3, 0.4) is 0 Å². The van der Waals surface area contributed by atoms with Crippen LogP contribution in [0.2, 0.25) is 0 Å². The average molecular weight is 207 g/mol. The van der Waals surface area contributed by atoms with Crippen molar-refractivity contribution >= 4 is 11.8 Å². The maximum Gasteiger partial charge on any atom is 0.316 e. The summed E-state index contributed by atoms with van der Waals surface area (Å²) in [5, 5.41) is 7.23. The number of amidine groups is 1. The molecule has 1 unspecified atom stereocenters. The maximum absolute atomic E-state index is 11.5. The highest BCUT2D eigenvalue weighted by Gasteiger charge is 2.33. The summed E-state index contributed by atoms with van der Waals surface area (Å²) in [6.07, 6.45) is 5.42. The minimum absolute atomic E-state index is 0.00263. The van der Waals surface area contributed by atoms with Gasteiger partial charge in [0, 0.05) is 5.57 Å². The third kappa shape index (κ3) is 2.46. The van der Waals surface area contributed by atoms with Gasteiger partial charge >= 0.3 is 5.97 Å². The number of rotatable bonds is 3. The molecule has 0 fully saturated rings. The van der Waals surface area contributed by atoms with Crippen LogP contribution < -0.4 is 5.73 Å². The second-order valence-corrected chi connectivity index (χ2v) is 3.49. The van der Waals surface area contributed by atoms with E-state index in [9.17, 15) is 4.79 Å². The van der Waals surface area contributed by atoms with Gasteiger partial charge in [-0.05, 0) is 20.3 Å². The van der Waals surface area contributed by atoms with Gasteiger partial charge in [0.15, 0.2) is 0 Å². The van der Waals surface area contributed by atoms with E-state index in [-0.39, 0.29) is 11.8 Å². The number of nitrogens with two attached hydrogens (primary N) is 1. The van der Waals surface area contributed by atoms with Crippen molar-refractivity contribution in [3.8, 4) is 0 Å². The van der Waals surface area contributed by atoms with Crippen molar-refractivity contribution in [1.82, 2.24) is 0 Å². The fraction of sp³-hybridized carbons (Fsp3) is 0.364. The van der Waals surface area contributed by atoms with Gasteiger partial charge in [-0.1, -0.05) is 18.2 Å². The Labute approximate surface area is 89.3 Å². The monoisotopic (exact) mass is 207 g/mol. The Morgan fingerprint density at radius 1 is 1.80 bits per heavy atom. The van der Waals surface area contributed by atoms with Crippen molar-refractivity contribution in [3.63, 3.8) is 0 Å². The Bertz CT molecular complexity index is 344. The molecule has 3 N–H and O–H groups in total. The Hall–Kier alpha value is -1.58. The van der Waals surface area contributed by atoms with Crippen molar-refractivity contribution in [1.29, 1.82) is 5.41 Å². The first kappa shape index (κ1) is 11.5. The number of carbonyl (C=O) groups is 1. The molecule has 15 heavy (non-hydrogen) atoms. The van der Waals surface area contributed by atoms with E-state index in [1.165, 1.54) is 0 Å². The topological polar surface area (TPSA) is 76.2 Å². The molecule has 4 nitrogen and oxygen atoms in total. The molecule has 81 valence electrons.